The van der Waals surface area contributed by atoms with Crippen LogP contribution in [0.15, 0.2) is 78.6 Å². The minimum atomic E-state index is -0.300. The van der Waals surface area contributed by atoms with E-state index in [0.717, 1.165) is 23.7 Å². The maximum atomic E-state index is 10.4. The summed E-state index contributed by atoms with van der Waals surface area (Å²) in [5.41, 5.74) is 8.34. The number of hydrogen-bond acceptors (Lipinski definition) is 5. The molecular formula is C30H28N2O3. The van der Waals surface area contributed by atoms with E-state index < -0.39 is 0 Å². The fourth-order valence-electron chi connectivity index (χ4n) is 5.02. The highest BCUT2D eigenvalue weighted by molar-refractivity contribution is 5.94. The van der Waals surface area contributed by atoms with E-state index in [1.165, 1.54) is 52.9 Å². The van der Waals surface area contributed by atoms with Gasteiger partial charge in [-0.3, -0.25) is 4.79 Å². The third-order valence-electron chi connectivity index (χ3n) is 6.71. The van der Waals surface area contributed by atoms with Crippen molar-refractivity contribution in [3.05, 3.63) is 101 Å². The molecule has 0 saturated carbocycles. The van der Waals surface area contributed by atoms with Gasteiger partial charge in [-0.05, 0) is 77.4 Å². The smallest absolute Gasteiger partial charge is 0.183 e. The molecule has 0 amide bonds. The number of hydrogen-bond donors (Lipinski definition) is 0. The molecule has 0 unspecified atom stereocenters. The topological polar surface area (TPSA) is 61.3 Å². The lowest BCUT2D eigenvalue weighted by Gasteiger charge is -2.25. The Hall–Kier alpha value is -3.67. The first-order valence-corrected chi connectivity index (χ1v) is 11.9. The molecule has 2 heterocycles. The van der Waals surface area contributed by atoms with Crippen LogP contribution in [-0.2, 0) is 15.9 Å². The highest BCUT2D eigenvalue weighted by Gasteiger charge is 2.21. The van der Waals surface area contributed by atoms with Crippen LogP contribution in [-0.4, -0.2) is 30.5 Å². The summed E-state index contributed by atoms with van der Waals surface area (Å²) in [6.45, 7) is 0. The number of rotatable bonds is 4. The van der Waals surface area contributed by atoms with Gasteiger partial charge in [-0.15, -0.1) is 0 Å². The van der Waals surface area contributed by atoms with Crippen molar-refractivity contribution in [3.8, 4) is 0 Å². The highest BCUT2D eigenvalue weighted by atomic mass is 16.7. The normalized spacial score (nSPS) is 14.5. The fourth-order valence-corrected chi connectivity index (χ4v) is 5.02. The Morgan fingerprint density at radius 2 is 1.83 bits per heavy atom. The second kappa shape index (κ2) is 10.3. The molecule has 2 aliphatic rings. The average molecular weight is 465 g/mol. The number of nitrogens with zero attached hydrogens (tertiary/aromatic N) is 2. The number of fused-ring (bicyclic) bond motifs is 5. The number of carbonyl (C=O) groups is 1. The predicted octanol–water partition coefficient (Wildman–Crippen LogP) is 6.62. The maximum absolute atomic E-state index is 10.4. The number of carbonyl (C=O) groups excluding carboxylic acids is 1. The number of methoxy groups -OCH3 is 2. The Morgan fingerprint density at radius 3 is 2.66 bits per heavy atom. The number of benzene rings is 2. The molecule has 0 fully saturated rings. The lowest BCUT2D eigenvalue weighted by atomic mass is 9.79. The molecule has 5 heteroatoms. The van der Waals surface area contributed by atoms with Gasteiger partial charge in [-0.2, -0.15) is 0 Å². The van der Waals surface area contributed by atoms with Crippen molar-refractivity contribution in [2.45, 2.75) is 32.0 Å². The van der Waals surface area contributed by atoms with Crippen LogP contribution >= 0.6 is 0 Å². The van der Waals surface area contributed by atoms with Crippen molar-refractivity contribution < 1.29 is 14.3 Å². The molecule has 4 aromatic rings. The van der Waals surface area contributed by atoms with Crippen LogP contribution in [0.5, 0.6) is 0 Å². The van der Waals surface area contributed by atoms with Gasteiger partial charge < -0.3 is 9.47 Å². The van der Waals surface area contributed by atoms with Gasteiger partial charge in [0.15, 0.2) is 18.2 Å². The van der Waals surface area contributed by atoms with Crippen molar-refractivity contribution in [1.82, 2.24) is 9.97 Å². The summed E-state index contributed by atoms with van der Waals surface area (Å²) in [5, 5.41) is 3.52. The molecule has 0 bridgehead atoms. The van der Waals surface area contributed by atoms with Crippen LogP contribution in [0.2, 0.25) is 0 Å². The van der Waals surface area contributed by atoms with E-state index >= 15 is 0 Å². The lowest BCUT2D eigenvalue weighted by molar-refractivity contribution is -0.105. The van der Waals surface area contributed by atoms with Gasteiger partial charge in [0.05, 0.1) is 0 Å². The zero-order valence-corrected chi connectivity index (χ0v) is 20.0. The molecule has 35 heavy (non-hydrogen) atoms. The van der Waals surface area contributed by atoms with E-state index in [9.17, 15) is 4.79 Å². The van der Waals surface area contributed by atoms with Gasteiger partial charge in [0.1, 0.15) is 0 Å². The van der Waals surface area contributed by atoms with Gasteiger partial charge >= 0.3 is 0 Å². The van der Waals surface area contributed by atoms with Gasteiger partial charge in [0, 0.05) is 43.1 Å². The van der Waals surface area contributed by atoms with Gasteiger partial charge in [-0.25, -0.2) is 9.97 Å². The van der Waals surface area contributed by atoms with Crippen LogP contribution in [0, 0.1) is 0 Å². The Bertz CT molecular complexity index is 1450. The zero-order chi connectivity index (χ0) is 24.2. The first kappa shape index (κ1) is 23.1. The number of aldehydes is 1. The van der Waals surface area contributed by atoms with E-state index in [4.69, 9.17) is 9.47 Å². The van der Waals surface area contributed by atoms with E-state index in [1.807, 2.05) is 12.1 Å². The van der Waals surface area contributed by atoms with Gasteiger partial charge in [-0.1, -0.05) is 42.0 Å². The standard InChI is InChI=1S/C21H22O2.C9H6N2O/c1-22-21(23-2)16-9-10-18-15(13-16)8-12-19-17-6-4-3-5-14(17)7-11-20(18)19;12-6-7-4-8-2-1-3-10-9(8)11-5-7/h4,6,8-10,12-13,21H,3,5,7,11H2,1-2H3;1-6H. The SMILES string of the molecule is COC(OC)c1ccc2c3c(ccc2c1)C1=C(CCC=C1)CC3.O=Cc1cnc2ncccc2c1. The number of aryl methyl sites for hydroxylation is 1. The molecule has 0 radical (unpaired) electrons. The minimum Gasteiger partial charge on any atom is -0.352 e. The van der Waals surface area contributed by atoms with E-state index in [2.05, 4.69) is 52.5 Å². The monoisotopic (exact) mass is 464 g/mol. The van der Waals surface area contributed by atoms with Crippen molar-refractivity contribution in [2.75, 3.05) is 14.2 Å². The lowest BCUT2D eigenvalue weighted by Crippen LogP contribution is -2.07. The maximum Gasteiger partial charge on any atom is 0.183 e. The molecule has 0 saturated heterocycles. The van der Waals surface area contributed by atoms with Crippen molar-refractivity contribution >= 4 is 33.7 Å². The van der Waals surface area contributed by atoms with Crippen LogP contribution in [0.25, 0.3) is 27.4 Å². The molecule has 0 atom stereocenters. The van der Waals surface area contributed by atoms with Crippen LogP contribution in [0.1, 0.15) is 52.6 Å². The van der Waals surface area contributed by atoms with Crippen LogP contribution in [0.3, 0.4) is 0 Å². The van der Waals surface area contributed by atoms with E-state index in [0.29, 0.717) is 11.2 Å². The third kappa shape index (κ3) is 4.65. The number of pyridine rings is 2. The molecule has 0 spiro atoms. The summed E-state index contributed by atoms with van der Waals surface area (Å²) in [5.74, 6) is 0. The minimum absolute atomic E-state index is 0.300. The van der Waals surface area contributed by atoms with Crippen LogP contribution in [0.4, 0.5) is 0 Å². The fraction of sp³-hybridized carbons (Fsp3) is 0.233. The molecule has 5 nitrogen and oxygen atoms in total. The first-order chi connectivity index (χ1) is 17.2. The second-order valence-electron chi connectivity index (χ2n) is 8.77. The summed E-state index contributed by atoms with van der Waals surface area (Å²) in [6.07, 6.45) is 13.1. The molecule has 6 rings (SSSR count). The molecular weight excluding hydrogens is 436 g/mol. The van der Waals surface area contributed by atoms with Crippen LogP contribution < -0.4 is 0 Å². The van der Waals surface area contributed by atoms with E-state index in [1.54, 1.807) is 32.1 Å². The zero-order valence-electron chi connectivity index (χ0n) is 20.0. The summed E-state index contributed by atoms with van der Waals surface area (Å²) in [4.78, 5) is 18.4. The Kier molecular flexibility index (Phi) is 6.80. The molecule has 2 aliphatic carbocycles. The average Bonchev–Trinajstić information content (AvgIpc) is 2.93. The Morgan fingerprint density at radius 1 is 0.943 bits per heavy atom. The molecule has 2 aromatic heterocycles. The van der Waals surface area contributed by atoms with Crippen molar-refractivity contribution in [1.29, 1.82) is 0 Å². The summed E-state index contributed by atoms with van der Waals surface area (Å²) in [7, 11) is 3.35. The van der Waals surface area contributed by atoms with Crippen molar-refractivity contribution in [2.24, 2.45) is 0 Å². The Balaban J connectivity index is 0.000000178. The molecule has 2 aromatic carbocycles. The molecule has 0 N–H and O–H groups in total. The quantitative estimate of drug-likeness (QED) is 0.251. The van der Waals surface area contributed by atoms with E-state index in [-0.39, 0.29) is 6.29 Å². The summed E-state index contributed by atoms with van der Waals surface area (Å²) < 4.78 is 10.8. The summed E-state index contributed by atoms with van der Waals surface area (Å²) >= 11 is 0. The number of allylic oxidation sites excluding steroid dienone is 4. The molecule has 176 valence electrons. The predicted molar refractivity (Wildman–Crippen MR) is 139 cm³/mol. The third-order valence-corrected chi connectivity index (χ3v) is 6.71. The number of ether oxygens (including phenoxy) is 2. The van der Waals surface area contributed by atoms with Crippen molar-refractivity contribution in [3.63, 3.8) is 0 Å². The largest absolute Gasteiger partial charge is 0.352 e. The van der Waals surface area contributed by atoms with Gasteiger partial charge in [0.25, 0.3) is 0 Å². The molecule has 0 aliphatic heterocycles. The number of aromatic nitrogens is 2. The summed E-state index contributed by atoms with van der Waals surface area (Å²) in [6, 6.07) is 16.5. The Labute approximate surface area is 205 Å². The second-order valence-corrected chi connectivity index (χ2v) is 8.77. The highest BCUT2D eigenvalue weighted by Crippen LogP contribution is 2.40. The first-order valence-electron chi connectivity index (χ1n) is 11.9. The van der Waals surface area contributed by atoms with Gasteiger partial charge in [0.2, 0.25) is 0 Å².